The van der Waals surface area contributed by atoms with Crippen LogP contribution >= 0.6 is 0 Å². The van der Waals surface area contributed by atoms with Crippen molar-refractivity contribution in [1.82, 2.24) is 4.98 Å². The Kier molecular flexibility index (Phi) is 4.79. The number of pyridine rings is 1. The van der Waals surface area contributed by atoms with Crippen LogP contribution in [-0.4, -0.2) is 28.8 Å². The Bertz CT molecular complexity index is 1320. The zero-order valence-electron chi connectivity index (χ0n) is 17.4. The molecule has 33 heavy (non-hydrogen) atoms. The molecule has 1 saturated heterocycles. The van der Waals surface area contributed by atoms with Gasteiger partial charge in [0.15, 0.2) is 11.2 Å². The molecule has 5 rings (SSSR count). The number of amides is 1. The van der Waals surface area contributed by atoms with E-state index in [1.165, 1.54) is 12.1 Å². The topological polar surface area (TPSA) is 100 Å². The van der Waals surface area contributed by atoms with Crippen molar-refractivity contribution in [1.29, 1.82) is 5.26 Å². The molecule has 2 aliphatic rings. The fourth-order valence-corrected chi connectivity index (χ4v) is 5.18. The van der Waals surface area contributed by atoms with Crippen LogP contribution in [0.2, 0.25) is 0 Å². The highest BCUT2D eigenvalue weighted by molar-refractivity contribution is 6.06. The molecular weight excluding hydrogens is 419 g/mol. The number of nitrogens with two attached hydrogens (primary N) is 1. The molecule has 0 aliphatic carbocycles. The highest BCUT2D eigenvalue weighted by atomic mass is 19.1. The van der Waals surface area contributed by atoms with Crippen LogP contribution in [0.3, 0.4) is 0 Å². The summed E-state index contributed by atoms with van der Waals surface area (Å²) in [6.45, 7) is 0. The van der Waals surface area contributed by atoms with E-state index in [4.69, 9.17) is 5.73 Å². The lowest BCUT2D eigenvalue weighted by molar-refractivity contribution is -0.125. The molecule has 4 atom stereocenters. The maximum absolute atomic E-state index is 14.0. The molecule has 2 aromatic carbocycles. The Morgan fingerprint density at radius 2 is 1.82 bits per heavy atom. The average Bonchev–Trinajstić information content (AvgIpc) is 3.16. The zero-order chi connectivity index (χ0) is 23.2. The van der Waals surface area contributed by atoms with E-state index < -0.39 is 35.1 Å². The van der Waals surface area contributed by atoms with E-state index in [9.17, 15) is 19.2 Å². The Morgan fingerprint density at radius 1 is 1.09 bits per heavy atom. The molecule has 2 N–H and O–H groups in total. The number of carbonyl (C=O) groups is 2. The molecule has 6 nitrogen and oxygen atoms in total. The van der Waals surface area contributed by atoms with Crippen molar-refractivity contribution in [2.45, 2.75) is 18.0 Å². The molecule has 0 saturated carbocycles. The minimum Gasteiger partial charge on any atom is -0.368 e. The molecule has 3 heterocycles. The molecule has 3 aromatic rings. The summed E-state index contributed by atoms with van der Waals surface area (Å²) in [5, 5.41) is 10.4. The Labute approximate surface area is 189 Å². The number of primary amides is 1. The average molecular weight is 438 g/mol. The Hall–Kier alpha value is -4.31. The van der Waals surface area contributed by atoms with Crippen molar-refractivity contribution in [3.63, 3.8) is 0 Å². The van der Waals surface area contributed by atoms with Gasteiger partial charge in [-0.05, 0) is 35.9 Å². The summed E-state index contributed by atoms with van der Waals surface area (Å²) in [6.07, 6.45) is 6.45. The smallest absolute Gasteiger partial charge is 0.241 e. The number of carbonyl (C=O) groups excluding carboxylic acids is 2. The second-order valence-corrected chi connectivity index (χ2v) is 8.19. The van der Waals surface area contributed by atoms with Gasteiger partial charge in [0.2, 0.25) is 5.91 Å². The lowest BCUT2D eigenvalue weighted by Gasteiger charge is -2.36. The van der Waals surface area contributed by atoms with Crippen LogP contribution in [0.25, 0.3) is 6.08 Å². The number of hydrogen-bond acceptors (Lipinski definition) is 5. The van der Waals surface area contributed by atoms with Crippen LogP contribution in [0.5, 0.6) is 0 Å². The normalized spacial score (nSPS) is 25.1. The molecule has 0 unspecified atom stereocenters. The molecule has 0 radical (unpaired) electrons. The molecular formula is C26H19FN4O2. The summed E-state index contributed by atoms with van der Waals surface area (Å²) < 4.78 is 14.0. The van der Waals surface area contributed by atoms with E-state index in [-0.39, 0.29) is 5.78 Å². The maximum atomic E-state index is 14.0. The van der Waals surface area contributed by atoms with Crippen molar-refractivity contribution < 1.29 is 14.0 Å². The first-order chi connectivity index (χ1) is 16.0. The SMILES string of the molecule is N#C[C@@]1(C(N)=O)[C@@H](c2ccncc2)[C@H](C(=O)c2ccccc2)N2c3ccc(F)cc3C=C[C@@H]21. The van der Waals surface area contributed by atoms with Gasteiger partial charge >= 0.3 is 0 Å². The largest absolute Gasteiger partial charge is 0.368 e. The lowest BCUT2D eigenvalue weighted by Crippen LogP contribution is -2.49. The molecule has 1 fully saturated rings. The first kappa shape index (κ1) is 20.6. The number of benzene rings is 2. The van der Waals surface area contributed by atoms with Crippen molar-refractivity contribution in [2.75, 3.05) is 4.90 Å². The van der Waals surface area contributed by atoms with E-state index in [0.29, 0.717) is 22.4 Å². The van der Waals surface area contributed by atoms with Gasteiger partial charge in [-0.15, -0.1) is 0 Å². The second kappa shape index (κ2) is 7.68. The number of nitriles is 1. The van der Waals surface area contributed by atoms with Crippen LogP contribution in [-0.2, 0) is 4.79 Å². The minimum atomic E-state index is -1.74. The fraction of sp³-hybridized carbons (Fsp3) is 0.154. The maximum Gasteiger partial charge on any atom is 0.241 e. The van der Waals surface area contributed by atoms with Gasteiger partial charge in [-0.2, -0.15) is 5.26 Å². The van der Waals surface area contributed by atoms with Gasteiger partial charge in [0, 0.05) is 35.1 Å². The molecule has 1 amide bonds. The standard InChI is InChI=1S/C26H19FN4O2/c27-19-7-8-20-18(14-19)6-9-21-26(15-28,25(29)33)22(16-10-12-30-13-11-16)23(31(20)21)24(32)17-4-2-1-3-5-17/h1-14,21-23H,(H2,29,33)/t21-,22+,23-,26+/m1/s1. The predicted octanol–water partition coefficient (Wildman–Crippen LogP) is 3.47. The number of hydrogen-bond donors (Lipinski definition) is 1. The Balaban J connectivity index is 1.81. The van der Waals surface area contributed by atoms with Gasteiger partial charge in [0.1, 0.15) is 11.9 Å². The monoisotopic (exact) mass is 438 g/mol. The summed E-state index contributed by atoms with van der Waals surface area (Å²) in [5.41, 5.74) is 6.35. The van der Waals surface area contributed by atoms with E-state index >= 15 is 0 Å². The highest BCUT2D eigenvalue weighted by Gasteiger charge is 2.65. The first-order valence-electron chi connectivity index (χ1n) is 10.5. The summed E-state index contributed by atoms with van der Waals surface area (Å²) in [6, 6.07) is 16.8. The predicted molar refractivity (Wildman–Crippen MR) is 120 cm³/mol. The summed E-state index contributed by atoms with van der Waals surface area (Å²) >= 11 is 0. The number of ketones is 1. The molecule has 2 aliphatic heterocycles. The fourth-order valence-electron chi connectivity index (χ4n) is 5.18. The number of anilines is 1. The van der Waals surface area contributed by atoms with E-state index in [1.807, 2.05) is 0 Å². The number of fused-ring (bicyclic) bond motifs is 3. The van der Waals surface area contributed by atoms with Gasteiger partial charge < -0.3 is 10.6 Å². The number of nitrogens with zero attached hydrogens (tertiary/aromatic N) is 3. The van der Waals surface area contributed by atoms with Crippen LogP contribution < -0.4 is 10.6 Å². The number of halogens is 1. The summed E-state index contributed by atoms with van der Waals surface area (Å²) in [5.74, 6) is -2.37. The third-order valence-electron chi connectivity index (χ3n) is 6.58. The molecule has 0 spiro atoms. The van der Waals surface area contributed by atoms with Gasteiger partial charge in [-0.1, -0.05) is 42.5 Å². The van der Waals surface area contributed by atoms with E-state index in [1.54, 1.807) is 78.0 Å². The van der Waals surface area contributed by atoms with Crippen LogP contribution in [0, 0.1) is 22.6 Å². The van der Waals surface area contributed by atoms with Crippen molar-refractivity contribution in [2.24, 2.45) is 11.1 Å². The second-order valence-electron chi connectivity index (χ2n) is 8.19. The van der Waals surface area contributed by atoms with E-state index in [2.05, 4.69) is 11.1 Å². The van der Waals surface area contributed by atoms with Crippen molar-refractivity contribution in [3.05, 3.63) is 102 Å². The highest BCUT2D eigenvalue weighted by Crippen LogP contribution is 2.55. The number of Topliss-reactive ketones (excluding diaryl/α,β-unsaturated/α-hetero) is 1. The van der Waals surface area contributed by atoms with E-state index in [0.717, 1.165) is 0 Å². The van der Waals surface area contributed by atoms with Gasteiger partial charge in [0.05, 0.1) is 12.1 Å². The Morgan fingerprint density at radius 3 is 2.48 bits per heavy atom. The third kappa shape index (κ3) is 2.95. The van der Waals surface area contributed by atoms with Gasteiger partial charge in [0.25, 0.3) is 0 Å². The first-order valence-corrected chi connectivity index (χ1v) is 10.5. The van der Waals surface area contributed by atoms with Crippen LogP contribution in [0.15, 0.2) is 79.1 Å². The summed E-state index contributed by atoms with van der Waals surface area (Å²) in [7, 11) is 0. The van der Waals surface area contributed by atoms with Crippen molar-refractivity contribution in [3.8, 4) is 6.07 Å². The van der Waals surface area contributed by atoms with Crippen molar-refractivity contribution >= 4 is 23.5 Å². The molecule has 0 bridgehead atoms. The third-order valence-corrected chi connectivity index (χ3v) is 6.58. The minimum absolute atomic E-state index is 0.258. The quantitative estimate of drug-likeness (QED) is 0.629. The van der Waals surface area contributed by atoms with Gasteiger partial charge in [-0.3, -0.25) is 14.6 Å². The number of aromatic nitrogens is 1. The van der Waals surface area contributed by atoms with Gasteiger partial charge in [-0.25, -0.2) is 4.39 Å². The molecule has 1 aromatic heterocycles. The number of rotatable bonds is 4. The van der Waals surface area contributed by atoms with Crippen LogP contribution in [0.1, 0.15) is 27.4 Å². The lowest BCUT2D eigenvalue weighted by atomic mass is 9.67. The molecule has 7 heteroatoms. The summed E-state index contributed by atoms with van der Waals surface area (Å²) in [4.78, 5) is 32.8. The molecule has 162 valence electrons. The van der Waals surface area contributed by atoms with Crippen LogP contribution in [0.4, 0.5) is 10.1 Å². The zero-order valence-corrected chi connectivity index (χ0v) is 17.4.